The minimum Gasteiger partial charge on any atom is -0.480 e. The van der Waals surface area contributed by atoms with Crippen LogP contribution in [0.2, 0.25) is 0 Å². The Bertz CT molecular complexity index is 605. The Morgan fingerprint density at radius 3 is 2.78 bits per heavy atom. The molecule has 2 aromatic heterocycles. The van der Waals surface area contributed by atoms with Crippen molar-refractivity contribution in [2.24, 2.45) is 0 Å². The van der Waals surface area contributed by atoms with Crippen LogP contribution in [-0.4, -0.2) is 25.8 Å². The second-order valence-corrected chi connectivity index (χ2v) is 5.86. The number of hydrogen-bond donors (Lipinski definition) is 1. The number of nitrogens with zero attached hydrogens (tertiary/aromatic N) is 2. The lowest BCUT2D eigenvalue weighted by atomic mass is 9.84. The first-order chi connectivity index (χ1) is 8.71. The molecule has 2 aromatic rings. The van der Waals surface area contributed by atoms with Gasteiger partial charge in [-0.2, -0.15) is 0 Å². The van der Waals surface area contributed by atoms with Crippen LogP contribution in [-0.2, 0) is 4.79 Å². The Hall–Kier alpha value is -1.62. The monoisotopic (exact) mass is 260 g/mol. The number of aromatic nitrogens is 2. The minimum atomic E-state index is -0.723. The summed E-state index contributed by atoms with van der Waals surface area (Å²) >= 11 is 1.41. The normalized spacial score (nSPS) is 17.3. The van der Waals surface area contributed by atoms with Crippen molar-refractivity contribution in [3.8, 4) is 0 Å². The molecule has 5 heteroatoms. The molecule has 3 rings (SSSR count). The van der Waals surface area contributed by atoms with Gasteiger partial charge in [0.05, 0.1) is 5.52 Å². The molecule has 1 fully saturated rings. The first-order valence-electron chi connectivity index (χ1n) is 5.83. The molecule has 0 amide bonds. The molecule has 1 aliphatic rings. The van der Waals surface area contributed by atoms with E-state index >= 15 is 0 Å². The predicted molar refractivity (Wildman–Crippen MR) is 69.6 cm³/mol. The number of pyridine rings is 2. The maximum atomic E-state index is 11.4. The predicted octanol–water partition coefficient (Wildman–Crippen LogP) is 2.73. The van der Waals surface area contributed by atoms with Crippen LogP contribution in [0.5, 0.6) is 0 Å². The molecule has 0 bridgehead atoms. The summed E-state index contributed by atoms with van der Waals surface area (Å²) in [5, 5.41) is 9.36. The van der Waals surface area contributed by atoms with Crippen molar-refractivity contribution in [2.45, 2.75) is 28.9 Å². The highest BCUT2D eigenvalue weighted by Gasteiger charge is 2.45. The second kappa shape index (κ2) is 4.24. The molecular formula is C13H12N2O2S. The van der Waals surface area contributed by atoms with E-state index in [1.807, 2.05) is 18.2 Å². The van der Waals surface area contributed by atoms with Gasteiger partial charge in [-0.05, 0) is 37.5 Å². The van der Waals surface area contributed by atoms with E-state index < -0.39 is 10.7 Å². The van der Waals surface area contributed by atoms with Gasteiger partial charge in [-0.15, -0.1) is 11.8 Å². The van der Waals surface area contributed by atoms with Crippen LogP contribution >= 0.6 is 11.8 Å². The minimum absolute atomic E-state index is 0.661. The van der Waals surface area contributed by atoms with Crippen LogP contribution in [0.4, 0.5) is 0 Å². The maximum absolute atomic E-state index is 11.4. The largest absolute Gasteiger partial charge is 0.480 e. The van der Waals surface area contributed by atoms with Crippen LogP contribution in [0.1, 0.15) is 19.3 Å². The molecular weight excluding hydrogens is 248 g/mol. The molecule has 1 N–H and O–H groups in total. The van der Waals surface area contributed by atoms with Crippen LogP contribution in [0.15, 0.2) is 35.5 Å². The fourth-order valence-corrected chi connectivity index (χ4v) is 3.49. The van der Waals surface area contributed by atoms with E-state index in [4.69, 9.17) is 0 Å². The molecule has 1 saturated carbocycles. The molecule has 0 unspecified atom stereocenters. The summed E-state index contributed by atoms with van der Waals surface area (Å²) in [6.07, 6.45) is 5.85. The van der Waals surface area contributed by atoms with Crippen molar-refractivity contribution in [3.05, 3.63) is 30.6 Å². The summed E-state index contributed by atoms with van der Waals surface area (Å²) in [5.74, 6) is -0.723. The van der Waals surface area contributed by atoms with E-state index in [0.29, 0.717) is 0 Å². The van der Waals surface area contributed by atoms with Gasteiger partial charge in [0.25, 0.3) is 0 Å². The molecule has 18 heavy (non-hydrogen) atoms. The number of rotatable bonds is 3. The SMILES string of the molecule is O=C(O)C1(Sc2ccnc3cccnc23)CCC1. The molecule has 2 heterocycles. The van der Waals surface area contributed by atoms with Gasteiger partial charge in [-0.3, -0.25) is 14.8 Å². The van der Waals surface area contributed by atoms with Crippen LogP contribution in [0.25, 0.3) is 11.0 Å². The summed E-state index contributed by atoms with van der Waals surface area (Å²) < 4.78 is -0.661. The zero-order valence-corrected chi connectivity index (χ0v) is 10.5. The van der Waals surface area contributed by atoms with Gasteiger partial charge < -0.3 is 5.11 Å². The second-order valence-electron chi connectivity index (χ2n) is 4.44. The fraction of sp³-hybridized carbons (Fsp3) is 0.308. The van der Waals surface area contributed by atoms with Gasteiger partial charge in [0.2, 0.25) is 0 Å². The van der Waals surface area contributed by atoms with Crippen molar-refractivity contribution in [1.29, 1.82) is 0 Å². The van der Waals surface area contributed by atoms with Gasteiger partial charge in [0.15, 0.2) is 0 Å². The van der Waals surface area contributed by atoms with Gasteiger partial charge in [-0.25, -0.2) is 0 Å². The molecule has 0 spiro atoms. The molecule has 0 radical (unpaired) electrons. The van der Waals surface area contributed by atoms with E-state index in [0.717, 1.165) is 35.2 Å². The average molecular weight is 260 g/mol. The third-order valence-corrected chi connectivity index (χ3v) is 4.84. The highest BCUT2D eigenvalue weighted by Crippen LogP contribution is 2.48. The molecule has 0 atom stereocenters. The summed E-state index contributed by atoms with van der Waals surface area (Å²) in [5.41, 5.74) is 1.60. The summed E-state index contributed by atoms with van der Waals surface area (Å²) in [7, 11) is 0. The summed E-state index contributed by atoms with van der Waals surface area (Å²) in [6, 6.07) is 5.57. The number of thioether (sulfide) groups is 1. The number of fused-ring (bicyclic) bond motifs is 1. The van der Waals surface area contributed by atoms with E-state index in [1.54, 1.807) is 12.4 Å². The van der Waals surface area contributed by atoms with Gasteiger partial charge in [0.1, 0.15) is 10.3 Å². The fourth-order valence-electron chi connectivity index (χ4n) is 2.11. The Labute approximate surface area is 108 Å². The van der Waals surface area contributed by atoms with Crippen LogP contribution in [0.3, 0.4) is 0 Å². The summed E-state index contributed by atoms with van der Waals surface area (Å²) in [4.78, 5) is 20.8. The van der Waals surface area contributed by atoms with Crippen molar-refractivity contribution in [1.82, 2.24) is 9.97 Å². The summed E-state index contributed by atoms with van der Waals surface area (Å²) in [6.45, 7) is 0. The van der Waals surface area contributed by atoms with Crippen LogP contribution < -0.4 is 0 Å². The lowest BCUT2D eigenvalue weighted by Gasteiger charge is -2.36. The zero-order chi connectivity index (χ0) is 12.6. The Morgan fingerprint density at radius 1 is 1.28 bits per heavy atom. The highest BCUT2D eigenvalue weighted by molar-refractivity contribution is 8.01. The third kappa shape index (κ3) is 1.75. The lowest BCUT2D eigenvalue weighted by Crippen LogP contribution is -2.41. The first-order valence-corrected chi connectivity index (χ1v) is 6.65. The number of carboxylic acid groups (broad SMARTS) is 1. The molecule has 1 aliphatic carbocycles. The first kappa shape index (κ1) is 11.5. The van der Waals surface area contributed by atoms with E-state index in [1.165, 1.54) is 11.8 Å². The maximum Gasteiger partial charge on any atom is 0.320 e. The number of aliphatic carboxylic acids is 1. The smallest absolute Gasteiger partial charge is 0.320 e. The number of carbonyl (C=O) groups is 1. The van der Waals surface area contributed by atoms with Crippen molar-refractivity contribution in [2.75, 3.05) is 0 Å². The quantitative estimate of drug-likeness (QED) is 0.919. The van der Waals surface area contributed by atoms with Gasteiger partial charge >= 0.3 is 5.97 Å². The molecule has 0 aliphatic heterocycles. The topological polar surface area (TPSA) is 63.1 Å². The molecule has 92 valence electrons. The zero-order valence-electron chi connectivity index (χ0n) is 9.67. The van der Waals surface area contributed by atoms with Crippen molar-refractivity contribution in [3.63, 3.8) is 0 Å². The van der Waals surface area contributed by atoms with E-state index in [2.05, 4.69) is 9.97 Å². The van der Waals surface area contributed by atoms with Crippen LogP contribution in [0, 0.1) is 0 Å². The molecule has 0 saturated heterocycles. The average Bonchev–Trinajstić information content (AvgIpc) is 2.33. The molecule has 4 nitrogen and oxygen atoms in total. The Balaban J connectivity index is 2.02. The highest BCUT2D eigenvalue weighted by atomic mass is 32.2. The van der Waals surface area contributed by atoms with Crippen molar-refractivity contribution < 1.29 is 9.90 Å². The third-order valence-electron chi connectivity index (χ3n) is 3.32. The number of carboxylic acids is 1. The lowest BCUT2D eigenvalue weighted by molar-refractivity contribution is -0.142. The van der Waals surface area contributed by atoms with E-state index in [-0.39, 0.29) is 0 Å². The molecule has 0 aromatic carbocycles. The van der Waals surface area contributed by atoms with Gasteiger partial charge in [0, 0.05) is 17.3 Å². The Kier molecular flexibility index (Phi) is 2.70. The van der Waals surface area contributed by atoms with Crippen molar-refractivity contribution >= 4 is 28.8 Å². The van der Waals surface area contributed by atoms with Gasteiger partial charge in [-0.1, -0.05) is 0 Å². The Morgan fingerprint density at radius 2 is 2.11 bits per heavy atom. The van der Waals surface area contributed by atoms with E-state index in [9.17, 15) is 9.90 Å². The number of hydrogen-bond acceptors (Lipinski definition) is 4. The standard InChI is InChI=1S/C13H12N2O2S/c16-12(17)13(5-2-6-13)18-10-4-8-14-9-3-1-7-15-11(9)10/h1,3-4,7-8H,2,5-6H2,(H,16,17).